The molecular weight excluding hydrogens is 132 g/mol. The zero-order valence-corrected chi connectivity index (χ0v) is 6.42. The van der Waals surface area contributed by atoms with Crippen LogP contribution in [0.15, 0.2) is 0 Å². The van der Waals surface area contributed by atoms with E-state index < -0.39 is 6.10 Å². The van der Waals surface area contributed by atoms with Crippen LogP contribution in [0.3, 0.4) is 0 Å². The minimum Gasteiger partial charge on any atom is -0.396 e. The molecule has 0 radical (unpaired) electrons. The Balaban J connectivity index is 3.00. The Labute approximate surface area is 61.6 Å². The lowest BCUT2D eigenvalue weighted by Gasteiger charge is -2.08. The molecule has 3 nitrogen and oxygen atoms in total. The van der Waals surface area contributed by atoms with Crippen molar-refractivity contribution in [1.29, 1.82) is 0 Å². The lowest BCUT2D eigenvalue weighted by molar-refractivity contribution is 0.0347. The number of aliphatic hydroxyl groups excluding tert-OH is 2. The van der Waals surface area contributed by atoms with E-state index in [0.29, 0.717) is 26.1 Å². The van der Waals surface area contributed by atoms with Crippen LogP contribution >= 0.6 is 0 Å². The summed E-state index contributed by atoms with van der Waals surface area (Å²) in [5.41, 5.74) is 0. The maximum atomic E-state index is 9.08. The average Bonchev–Trinajstić information content (AvgIpc) is 1.97. The second-order valence-corrected chi connectivity index (χ2v) is 2.18. The fraction of sp³-hybridized carbons (Fsp3) is 1.00. The molecule has 1 unspecified atom stereocenters. The lowest BCUT2D eigenvalue weighted by atomic mass is 10.2. The van der Waals surface area contributed by atoms with Crippen LogP contribution in [0.1, 0.15) is 19.8 Å². The molecule has 62 valence electrons. The van der Waals surface area contributed by atoms with Gasteiger partial charge in [0.15, 0.2) is 0 Å². The molecule has 0 bridgehead atoms. The molecule has 2 N–H and O–H groups in total. The minimum absolute atomic E-state index is 0.142. The SMILES string of the molecule is CCOCC(O)CCCO. The summed E-state index contributed by atoms with van der Waals surface area (Å²) in [6.07, 6.45) is 0.858. The van der Waals surface area contributed by atoms with Gasteiger partial charge in [0.1, 0.15) is 0 Å². The summed E-state index contributed by atoms with van der Waals surface area (Å²) in [6.45, 7) is 3.05. The molecule has 0 saturated carbocycles. The van der Waals surface area contributed by atoms with Gasteiger partial charge in [-0.25, -0.2) is 0 Å². The Morgan fingerprint density at radius 3 is 2.70 bits per heavy atom. The summed E-state index contributed by atoms with van der Waals surface area (Å²) in [5.74, 6) is 0. The van der Waals surface area contributed by atoms with Crippen molar-refractivity contribution in [3.8, 4) is 0 Å². The van der Waals surface area contributed by atoms with Gasteiger partial charge in [0.05, 0.1) is 12.7 Å². The van der Waals surface area contributed by atoms with E-state index in [9.17, 15) is 0 Å². The van der Waals surface area contributed by atoms with Crippen molar-refractivity contribution >= 4 is 0 Å². The van der Waals surface area contributed by atoms with E-state index in [-0.39, 0.29) is 6.61 Å². The third kappa shape index (κ3) is 6.01. The van der Waals surface area contributed by atoms with Crippen LogP contribution < -0.4 is 0 Å². The maximum Gasteiger partial charge on any atom is 0.0774 e. The predicted molar refractivity (Wildman–Crippen MR) is 38.8 cm³/mol. The van der Waals surface area contributed by atoms with Crippen LogP contribution in [0.5, 0.6) is 0 Å². The van der Waals surface area contributed by atoms with Crippen LogP contribution in [-0.4, -0.2) is 36.1 Å². The summed E-state index contributed by atoms with van der Waals surface area (Å²) in [6, 6.07) is 0. The number of hydrogen-bond acceptors (Lipinski definition) is 3. The van der Waals surface area contributed by atoms with Gasteiger partial charge >= 0.3 is 0 Å². The number of ether oxygens (including phenoxy) is 1. The molecule has 0 rings (SSSR count). The Hall–Kier alpha value is -0.120. The molecule has 0 spiro atoms. The maximum absolute atomic E-state index is 9.08. The smallest absolute Gasteiger partial charge is 0.0774 e. The quantitative estimate of drug-likeness (QED) is 0.564. The summed E-state index contributed by atoms with van der Waals surface area (Å²) in [5, 5.41) is 17.5. The highest BCUT2D eigenvalue weighted by Gasteiger charge is 2.01. The van der Waals surface area contributed by atoms with Gasteiger partial charge in [0.2, 0.25) is 0 Å². The second-order valence-electron chi connectivity index (χ2n) is 2.18. The molecule has 10 heavy (non-hydrogen) atoms. The molecule has 0 heterocycles. The van der Waals surface area contributed by atoms with Crippen LogP contribution in [0.25, 0.3) is 0 Å². The molecule has 0 aliphatic rings. The van der Waals surface area contributed by atoms with E-state index in [0.717, 1.165) is 0 Å². The predicted octanol–water partition coefficient (Wildman–Crippen LogP) is 0.156. The van der Waals surface area contributed by atoms with Crippen molar-refractivity contribution in [2.45, 2.75) is 25.9 Å². The van der Waals surface area contributed by atoms with Crippen molar-refractivity contribution in [3.05, 3.63) is 0 Å². The average molecular weight is 148 g/mol. The molecular formula is C7H16O3. The molecule has 0 amide bonds. The van der Waals surface area contributed by atoms with Crippen molar-refractivity contribution in [3.63, 3.8) is 0 Å². The molecule has 0 aromatic rings. The van der Waals surface area contributed by atoms with E-state index in [1.165, 1.54) is 0 Å². The Morgan fingerprint density at radius 1 is 1.50 bits per heavy atom. The highest BCUT2D eigenvalue weighted by molar-refractivity contribution is 4.52. The van der Waals surface area contributed by atoms with Crippen molar-refractivity contribution in [2.24, 2.45) is 0 Å². The van der Waals surface area contributed by atoms with E-state index in [4.69, 9.17) is 14.9 Å². The minimum atomic E-state index is -0.410. The summed E-state index contributed by atoms with van der Waals surface area (Å²) >= 11 is 0. The Bertz CT molecular complexity index is 57.9. The summed E-state index contributed by atoms with van der Waals surface area (Å²) in [7, 11) is 0. The summed E-state index contributed by atoms with van der Waals surface area (Å²) < 4.78 is 4.96. The second kappa shape index (κ2) is 6.99. The number of rotatable bonds is 6. The monoisotopic (exact) mass is 148 g/mol. The molecule has 0 aliphatic heterocycles. The van der Waals surface area contributed by atoms with Crippen LogP contribution in [-0.2, 0) is 4.74 Å². The van der Waals surface area contributed by atoms with E-state index in [2.05, 4.69) is 0 Å². The van der Waals surface area contributed by atoms with Crippen molar-refractivity contribution in [1.82, 2.24) is 0 Å². The van der Waals surface area contributed by atoms with Crippen molar-refractivity contribution in [2.75, 3.05) is 19.8 Å². The topological polar surface area (TPSA) is 49.7 Å². The third-order valence-corrected chi connectivity index (χ3v) is 1.21. The first-order valence-corrected chi connectivity index (χ1v) is 3.68. The Morgan fingerprint density at radius 2 is 2.20 bits per heavy atom. The van der Waals surface area contributed by atoms with Gasteiger partial charge in [-0.2, -0.15) is 0 Å². The first-order valence-electron chi connectivity index (χ1n) is 3.68. The first kappa shape index (κ1) is 9.88. The van der Waals surface area contributed by atoms with Crippen LogP contribution in [0.4, 0.5) is 0 Å². The van der Waals surface area contributed by atoms with E-state index >= 15 is 0 Å². The molecule has 0 saturated heterocycles. The fourth-order valence-corrected chi connectivity index (χ4v) is 0.664. The molecule has 1 atom stereocenters. The third-order valence-electron chi connectivity index (χ3n) is 1.21. The van der Waals surface area contributed by atoms with E-state index in [1.54, 1.807) is 0 Å². The van der Waals surface area contributed by atoms with Gasteiger partial charge in [-0.3, -0.25) is 0 Å². The van der Waals surface area contributed by atoms with Crippen LogP contribution in [0.2, 0.25) is 0 Å². The van der Waals surface area contributed by atoms with Gasteiger partial charge in [-0.1, -0.05) is 0 Å². The standard InChI is InChI=1S/C7H16O3/c1-2-10-6-7(9)4-3-5-8/h7-9H,2-6H2,1H3. The van der Waals surface area contributed by atoms with E-state index in [1.807, 2.05) is 6.92 Å². The zero-order chi connectivity index (χ0) is 7.82. The molecule has 0 aliphatic carbocycles. The molecule has 3 heteroatoms. The molecule has 0 fully saturated rings. The normalized spacial score (nSPS) is 13.5. The molecule has 0 aromatic carbocycles. The fourth-order valence-electron chi connectivity index (χ4n) is 0.664. The highest BCUT2D eigenvalue weighted by Crippen LogP contribution is 1.96. The van der Waals surface area contributed by atoms with Gasteiger partial charge in [0, 0.05) is 13.2 Å². The van der Waals surface area contributed by atoms with Gasteiger partial charge in [-0.05, 0) is 19.8 Å². The first-order chi connectivity index (χ1) is 4.81. The van der Waals surface area contributed by atoms with Gasteiger partial charge in [0.25, 0.3) is 0 Å². The molecule has 0 aromatic heterocycles. The summed E-state index contributed by atoms with van der Waals surface area (Å²) in [4.78, 5) is 0. The Kier molecular flexibility index (Phi) is 6.91. The van der Waals surface area contributed by atoms with Gasteiger partial charge < -0.3 is 14.9 Å². The highest BCUT2D eigenvalue weighted by atomic mass is 16.5. The number of aliphatic hydroxyl groups is 2. The van der Waals surface area contributed by atoms with Crippen molar-refractivity contribution < 1.29 is 14.9 Å². The largest absolute Gasteiger partial charge is 0.396 e. The van der Waals surface area contributed by atoms with Crippen LogP contribution in [0, 0.1) is 0 Å². The number of hydrogen-bond donors (Lipinski definition) is 2. The lowest BCUT2D eigenvalue weighted by Crippen LogP contribution is -2.15. The van der Waals surface area contributed by atoms with Gasteiger partial charge in [-0.15, -0.1) is 0 Å². The zero-order valence-electron chi connectivity index (χ0n) is 6.42.